The first-order valence-electron chi connectivity index (χ1n) is 7.13. The molecule has 11 heteroatoms. The van der Waals surface area contributed by atoms with Crippen molar-refractivity contribution in [3.8, 4) is 0 Å². The van der Waals surface area contributed by atoms with Gasteiger partial charge in [0, 0.05) is 24.3 Å². The van der Waals surface area contributed by atoms with E-state index in [1.54, 1.807) is 6.92 Å². The van der Waals surface area contributed by atoms with Crippen molar-refractivity contribution in [2.45, 2.75) is 31.5 Å². The third-order valence-corrected chi connectivity index (χ3v) is 4.51. The molecule has 0 saturated carbocycles. The molecule has 0 amide bonds. The number of H-pyrrole nitrogens is 1. The number of ether oxygens (including phenoxy) is 2. The molecule has 0 bridgehead atoms. The first-order chi connectivity index (χ1) is 11.3. The number of aromatic nitrogens is 2. The van der Waals surface area contributed by atoms with Gasteiger partial charge in [-0.15, -0.1) is 0 Å². The molecule has 1 saturated heterocycles. The maximum Gasteiger partial charge on any atom is 0.330 e. The minimum absolute atomic E-state index is 0.171. The van der Waals surface area contributed by atoms with Gasteiger partial charge in [-0.05, 0) is 20.0 Å². The highest BCUT2D eigenvalue weighted by Crippen LogP contribution is 2.33. The van der Waals surface area contributed by atoms with Crippen molar-refractivity contribution in [2.24, 2.45) is 0 Å². The second kappa shape index (κ2) is 7.38. The van der Waals surface area contributed by atoms with Gasteiger partial charge in [-0.25, -0.2) is 22.3 Å². The van der Waals surface area contributed by atoms with Crippen LogP contribution in [0, 0.1) is 0 Å². The fourth-order valence-electron chi connectivity index (χ4n) is 2.29. The molecule has 1 aliphatic heterocycles. The molecule has 2 heterocycles. The summed E-state index contributed by atoms with van der Waals surface area (Å²) in [6.07, 6.45) is -2.94. The highest BCUT2D eigenvalue weighted by Gasteiger charge is 2.46. The maximum atomic E-state index is 14.7. The van der Waals surface area contributed by atoms with Crippen LogP contribution in [0.2, 0.25) is 0 Å². The highest BCUT2D eigenvalue weighted by atomic mass is 32.2. The lowest BCUT2D eigenvalue weighted by atomic mass is 10.1. The standard InChI is InChI=1S/C13H18FN3O6S/c1-3-22-11-8(5-7-24(20,21)15-2)23-12(10(11)14)17-6-4-9(18)16-13(17)19/h4-8,10-12,15H,3H2,1-2H3,(H,16,18,19)/b7-5+/t8-,10-,11-,12-/m1/s1. The van der Waals surface area contributed by atoms with Crippen molar-refractivity contribution < 1.29 is 22.3 Å². The van der Waals surface area contributed by atoms with Gasteiger partial charge in [0.2, 0.25) is 10.0 Å². The van der Waals surface area contributed by atoms with E-state index in [0.717, 1.165) is 28.3 Å². The van der Waals surface area contributed by atoms with Crippen LogP contribution < -0.4 is 16.0 Å². The Hall–Kier alpha value is -1.82. The molecule has 4 atom stereocenters. The van der Waals surface area contributed by atoms with Crippen LogP contribution in [0.4, 0.5) is 4.39 Å². The van der Waals surface area contributed by atoms with Crippen molar-refractivity contribution in [2.75, 3.05) is 13.7 Å². The lowest BCUT2D eigenvalue weighted by Crippen LogP contribution is -2.36. The molecule has 2 N–H and O–H groups in total. The molecular weight excluding hydrogens is 345 g/mol. The van der Waals surface area contributed by atoms with Gasteiger partial charge in [0.1, 0.15) is 12.2 Å². The average Bonchev–Trinajstić information content (AvgIpc) is 2.83. The molecule has 1 fully saturated rings. The molecule has 0 spiro atoms. The minimum Gasteiger partial charge on any atom is -0.372 e. The van der Waals surface area contributed by atoms with Gasteiger partial charge < -0.3 is 9.47 Å². The Morgan fingerprint density at radius 3 is 2.79 bits per heavy atom. The highest BCUT2D eigenvalue weighted by molar-refractivity contribution is 7.92. The quantitative estimate of drug-likeness (QED) is 0.686. The van der Waals surface area contributed by atoms with Crippen molar-refractivity contribution >= 4 is 10.0 Å². The average molecular weight is 363 g/mol. The SMILES string of the molecule is CCO[C@H]1[C@@H](F)[C@H](n2ccc(=O)[nH]c2=O)O[C@@H]1/C=C/S(=O)(=O)NC. The van der Waals surface area contributed by atoms with Gasteiger partial charge in [0.25, 0.3) is 5.56 Å². The molecule has 0 unspecified atom stereocenters. The van der Waals surface area contributed by atoms with Gasteiger partial charge in [0.05, 0.1) is 0 Å². The third kappa shape index (κ3) is 3.98. The van der Waals surface area contributed by atoms with E-state index in [9.17, 15) is 22.4 Å². The smallest absolute Gasteiger partial charge is 0.330 e. The van der Waals surface area contributed by atoms with E-state index in [0.29, 0.717) is 0 Å². The third-order valence-electron chi connectivity index (χ3n) is 3.42. The lowest BCUT2D eigenvalue weighted by molar-refractivity contribution is -0.0128. The zero-order chi connectivity index (χ0) is 17.9. The number of rotatable bonds is 6. The number of hydrogen-bond donors (Lipinski definition) is 2. The number of nitrogens with zero attached hydrogens (tertiary/aromatic N) is 1. The summed E-state index contributed by atoms with van der Waals surface area (Å²) in [5.41, 5.74) is -1.46. The Kier molecular flexibility index (Phi) is 5.70. The Balaban J connectivity index is 2.33. The predicted molar refractivity (Wildman–Crippen MR) is 82.7 cm³/mol. The maximum absolute atomic E-state index is 14.7. The van der Waals surface area contributed by atoms with Crippen LogP contribution in [0.5, 0.6) is 0 Å². The van der Waals surface area contributed by atoms with Crippen molar-refractivity contribution in [3.05, 3.63) is 44.6 Å². The van der Waals surface area contributed by atoms with Crippen molar-refractivity contribution in [1.29, 1.82) is 0 Å². The summed E-state index contributed by atoms with van der Waals surface area (Å²) in [5, 5.41) is 0.842. The molecule has 24 heavy (non-hydrogen) atoms. The molecule has 0 aliphatic carbocycles. The van der Waals surface area contributed by atoms with Crippen LogP contribution in [0.1, 0.15) is 13.2 Å². The predicted octanol–water partition coefficient (Wildman–Crippen LogP) is -0.760. The fraction of sp³-hybridized carbons (Fsp3) is 0.538. The molecule has 1 aromatic heterocycles. The van der Waals surface area contributed by atoms with E-state index in [1.165, 1.54) is 7.05 Å². The summed E-state index contributed by atoms with van der Waals surface area (Å²) in [7, 11) is -2.43. The van der Waals surface area contributed by atoms with Gasteiger partial charge in [0.15, 0.2) is 12.4 Å². The number of nitrogens with one attached hydrogen (secondary N) is 2. The normalized spacial score (nSPS) is 27.8. The Bertz CT molecular complexity index is 817. The van der Waals surface area contributed by atoms with E-state index in [1.807, 2.05) is 4.98 Å². The van der Waals surface area contributed by atoms with E-state index in [2.05, 4.69) is 4.72 Å². The van der Waals surface area contributed by atoms with E-state index < -0.39 is 45.9 Å². The first kappa shape index (κ1) is 18.5. The van der Waals surface area contributed by atoms with Crippen LogP contribution in [0.25, 0.3) is 0 Å². The molecule has 1 aliphatic rings. The van der Waals surface area contributed by atoms with Crippen molar-refractivity contribution in [1.82, 2.24) is 14.3 Å². The van der Waals surface area contributed by atoms with Crippen LogP contribution in [-0.2, 0) is 19.5 Å². The van der Waals surface area contributed by atoms with Crippen LogP contribution in [0.3, 0.4) is 0 Å². The van der Waals surface area contributed by atoms with E-state index in [-0.39, 0.29) is 6.61 Å². The van der Waals surface area contributed by atoms with E-state index in [4.69, 9.17) is 9.47 Å². The fourth-order valence-corrected chi connectivity index (χ4v) is 2.78. The lowest BCUT2D eigenvalue weighted by Gasteiger charge is -2.17. The summed E-state index contributed by atoms with van der Waals surface area (Å²) in [5.74, 6) is 0. The first-order valence-corrected chi connectivity index (χ1v) is 8.68. The van der Waals surface area contributed by atoms with Crippen LogP contribution in [-0.4, -0.2) is 50.0 Å². The number of aromatic amines is 1. The molecule has 0 radical (unpaired) electrons. The molecule has 0 aromatic carbocycles. The summed E-state index contributed by atoms with van der Waals surface area (Å²) in [4.78, 5) is 24.9. The molecule has 134 valence electrons. The van der Waals surface area contributed by atoms with Crippen LogP contribution in [0.15, 0.2) is 33.3 Å². The topological polar surface area (TPSA) is 119 Å². The van der Waals surface area contributed by atoms with Gasteiger partial charge in [-0.2, -0.15) is 0 Å². The molecule has 1 aromatic rings. The van der Waals surface area contributed by atoms with Gasteiger partial charge in [-0.1, -0.05) is 0 Å². The number of sulfonamides is 1. The second-order valence-electron chi connectivity index (χ2n) is 4.95. The van der Waals surface area contributed by atoms with Crippen molar-refractivity contribution in [3.63, 3.8) is 0 Å². The summed E-state index contributed by atoms with van der Waals surface area (Å²) in [6.45, 7) is 1.82. The van der Waals surface area contributed by atoms with E-state index >= 15 is 0 Å². The zero-order valence-corrected chi connectivity index (χ0v) is 13.8. The Labute approximate surface area is 137 Å². The summed E-state index contributed by atoms with van der Waals surface area (Å²) < 4.78 is 51.3. The largest absolute Gasteiger partial charge is 0.372 e. The molecule has 2 rings (SSSR count). The monoisotopic (exact) mass is 363 g/mol. The van der Waals surface area contributed by atoms with Gasteiger partial charge >= 0.3 is 5.69 Å². The van der Waals surface area contributed by atoms with Crippen LogP contribution >= 0.6 is 0 Å². The molecule has 9 nitrogen and oxygen atoms in total. The Morgan fingerprint density at radius 2 is 2.21 bits per heavy atom. The number of halogens is 1. The second-order valence-corrected chi connectivity index (χ2v) is 6.72. The minimum atomic E-state index is -3.66. The summed E-state index contributed by atoms with van der Waals surface area (Å²) in [6, 6.07) is 1.06. The summed E-state index contributed by atoms with van der Waals surface area (Å²) >= 11 is 0. The zero-order valence-electron chi connectivity index (χ0n) is 13.0. The number of alkyl halides is 1. The van der Waals surface area contributed by atoms with Gasteiger partial charge in [-0.3, -0.25) is 14.3 Å². The molecular formula is C13H18FN3O6S. The Morgan fingerprint density at radius 1 is 1.50 bits per heavy atom. The number of hydrogen-bond acceptors (Lipinski definition) is 6.